The Morgan fingerprint density at radius 3 is 2.11 bits per heavy atom. The molecule has 302 valence electrons. The summed E-state index contributed by atoms with van der Waals surface area (Å²) in [6.07, 6.45) is 1.57. The topological polar surface area (TPSA) is 142 Å². The first-order valence-corrected chi connectivity index (χ1v) is 21.1. The van der Waals surface area contributed by atoms with Gasteiger partial charge >= 0.3 is 25.8 Å². The van der Waals surface area contributed by atoms with Crippen LogP contribution in [0.3, 0.4) is 0 Å². The zero-order valence-corrected chi connectivity index (χ0v) is 34.4. The molecule has 0 saturated heterocycles. The molecule has 0 aromatic heterocycles. The van der Waals surface area contributed by atoms with Gasteiger partial charge in [-0.25, -0.2) is 9.59 Å². The normalized spacial score (nSPS) is 12.8. The van der Waals surface area contributed by atoms with Gasteiger partial charge in [0.15, 0.2) is 0 Å². The van der Waals surface area contributed by atoms with Crippen LogP contribution in [0.1, 0.15) is 89.3 Å². The van der Waals surface area contributed by atoms with E-state index in [0.717, 1.165) is 35.5 Å². The Balaban J connectivity index is 1.46. The summed E-state index contributed by atoms with van der Waals surface area (Å²) in [5.74, 6) is 0.0488. The highest BCUT2D eigenvalue weighted by Gasteiger charge is 2.22. The monoisotopic (exact) mass is 781 g/mol. The van der Waals surface area contributed by atoms with Crippen LogP contribution >= 0.6 is 7.60 Å². The van der Waals surface area contributed by atoms with Gasteiger partial charge in [-0.1, -0.05) is 88.7 Å². The van der Waals surface area contributed by atoms with Gasteiger partial charge in [0.2, 0.25) is 6.79 Å². The number of hydrogen-bond acceptors (Lipinski definition) is 10. The van der Waals surface area contributed by atoms with E-state index in [2.05, 4.69) is 43.2 Å². The van der Waals surface area contributed by atoms with E-state index in [9.17, 15) is 18.9 Å². The average Bonchev–Trinajstić information content (AvgIpc) is 3.13. The first-order valence-electron chi connectivity index (χ1n) is 19.1. The lowest BCUT2D eigenvalue weighted by Crippen LogP contribution is -2.32. The molecule has 3 aromatic rings. The Labute approximate surface area is 327 Å². The van der Waals surface area contributed by atoms with E-state index in [0.29, 0.717) is 48.9 Å². The lowest BCUT2D eigenvalue weighted by Gasteiger charge is -2.31. The quantitative estimate of drug-likeness (QED) is 0.0413. The van der Waals surface area contributed by atoms with E-state index in [-0.39, 0.29) is 38.2 Å². The average molecular weight is 782 g/mol. The second-order valence-electron chi connectivity index (χ2n) is 14.5. The van der Waals surface area contributed by atoms with Gasteiger partial charge < -0.3 is 38.8 Å². The maximum atomic E-state index is 13.2. The van der Waals surface area contributed by atoms with Gasteiger partial charge in [-0.2, -0.15) is 0 Å². The van der Waals surface area contributed by atoms with Crippen molar-refractivity contribution in [2.45, 2.75) is 86.2 Å². The number of urea groups is 1. The minimum atomic E-state index is -3.18. The van der Waals surface area contributed by atoms with E-state index in [1.165, 1.54) is 6.66 Å². The highest BCUT2D eigenvalue weighted by molar-refractivity contribution is 7.52. The van der Waals surface area contributed by atoms with Crippen molar-refractivity contribution in [2.24, 2.45) is 11.8 Å². The smallest absolute Gasteiger partial charge is 0.434 e. The van der Waals surface area contributed by atoms with Crippen LogP contribution in [0, 0.1) is 18.8 Å². The fourth-order valence-corrected chi connectivity index (χ4v) is 6.69. The molecule has 0 spiro atoms. The Hall–Kier alpha value is -4.38. The van der Waals surface area contributed by atoms with Crippen LogP contribution in [0.15, 0.2) is 72.8 Å². The van der Waals surface area contributed by atoms with Crippen molar-refractivity contribution in [2.75, 3.05) is 55.3 Å². The number of anilines is 3. The Morgan fingerprint density at radius 1 is 0.782 bits per heavy atom. The van der Waals surface area contributed by atoms with Crippen molar-refractivity contribution < 1.29 is 42.2 Å². The predicted molar refractivity (Wildman–Crippen MR) is 218 cm³/mol. The number of ether oxygens (including phenoxy) is 3. The lowest BCUT2D eigenvalue weighted by molar-refractivity contribution is -0.153. The molecular weight excluding hydrogens is 721 g/mol. The van der Waals surface area contributed by atoms with Crippen molar-refractivity contribution in [3.8, 4) is 0 Å². The summed E-state index contributed by atoms with van der Waals surface area (Å²) in [6, 6.07) is 22.6. The molecule has 2 amide bonds. The maximum absolute atomic E-state index is 13.2. The standard InChI is InChI=1S/C42H60N3O9P/c1-8-35(26-40(46)51-30-52-42(48)50-23-13-10-14-24-53-55(7,49)54-29-34-15-11-9-12-16-34)36-19-22-39(45(27-31(2)3)28-32(4)5)38(25-36)44-41(47)43-37-20-17-33(6)18-21-37/h9,11-12,15-22,25,31-32,35H,8,10,13-14,23-24,26-30H2,1-7H3,(H2,43,44,47)/t35-,55?/m0/s1. The van der Waals surface area contributed by atoms with E-state index in [1.54, 1.807) is 0 Å². The summed E-state index contributed by atoms with van der Waals surface area (Å²) in [5.41, 5.74) is 5.10. The molecule has 3 rings (SSSR count). The van der Waals surface area contributed by atoms with Crippen LogP contribution in [0.25, 0.3) is 0 Å². The van der Waals surface area contributed by atoms with Crippen molar-refractivity contribution >= 4 is 42.8 Å². The Bertz CT molecular complexity index is 1660. The third-order valence-electron chi connectivity index (χ3n) is 8.51. The zero-order valence-electron chi connectivity index (χ0n) is 33.5. The maximum Gasteiger partial charge on any atom is 0.511 e. The lowest BCUT2D eigenvalue weighted by atomic mass is 9.92. The summed E-state index contributed by atoms with van der Waals surface area (Å²) in [7, 11) is -3.18. The van der Waals surface area contributed by atoms with Gasteiger partial charge in [0.1, 0.15) is 0 Å². The van der Waals surface area contributed by atoms with Gasteiger partial charge in [0.05, 0.1) is 37.6 Å². The Morgan fingerprint density at radius 2 is 1.45 bits per heavy atom. The molecule has 0 radical (unpaired) electrons. The molecule has 12 nitrogen and oxygen atoms in total. The number of esters is 1. The molecule has 13 heteroatoms. The number of rotatable bonds is 23. The summed E-state index contributed by atoms with van der Waals surface area (Å²) in [6.45, 7) is 15.7. The van der Waals surface area contributed by atoms with Gasteiger partial charge in [-0.3, -0.25) is 9.36 Å². The number of amides is 2. The first-order chi connectivity index (χ1) is 26.2. The number of aryl methyl sites for hydroxylation is 1. The molecule has 0 bridgehead atoms. The minimum Gasteiger partial charge on any atom is -0.434 e. The number of carbonyl (C=O) groups excluding carboxylic acids is 3. The third kappa shape index (κ3) is 17.7. The van der Waals surface area contributed by atoms with Gasteiger partial charge in [-0.05, 0) is 85.8 Å². The molecule has 0 fully saturated rings. The minimum absolute atomic E-state index is 0.0506. The molecule has 0 aliphatic carbocycles. The first kappa shape index (κ1) is 45.0. The van der Waals surface area contributed by atoms with E-state index in [4.69, 9.17) is 23.3 Å². The van der Waals surface area contributed by atoms with Gasteiger partial charge in [0.25, 0.3) is 0 Å². The number of nitrogens with one attached hydrogen (secondary N) is 2. The van der Waals surface area contributed by atoms with E-state index in [1.807, 2.05) is 86.6 Å². The van der Waals surface area contributed by atoms with Crippen LogP contribution < -0.4 is 15.5 Å². The number of carbonyl (C=O) groups is 3. The molecule has 0 aliphatic heterocycles. The molecule has 55 heavy (non-hydrogen) atoms. The summed E-state index contributed by atoms with van der Waals surface area (Å²) in [4.78, 5) is 40.4. The van der Waals surface area contributed by atoms with Crippen LogP contribution in [-0.2, 0) is 39.2 Å². The summed E-state index contributed by atoms with van der Waals surface area (Å²) in [5, 5.41) is 5.98. The molecule has 1 unspecified atom stereocenters. The predicted octanol–water partition coefficient (Wildman–Crippen LogP) is 10.5. The fraction of sp³-hybridized carbons (Fsp3) is 0.500. The fourth-order valence-electron chi connectivity index (χ4n) is 5.77. The van der Waals surface area contributed by atoms with Crippen LogP contribution in [0.4, 0.5) is 26.7 Å². The van der Waals surface area contributed by atoms with Crippen LogP contribution in [0.5, 0.6) is 0 Å². The molecule has 3 aromatic carbocycles. The van der Waals surface area contributed by atoms with Gasteiger partial charge in [0, 0.05) is 25.4 Å². The summed E-state index contributed by atoms with van der Waals surface area (Å²) >= 11 is 0. The highest BCUT2D eigenvalue weighted by Crippen LogP contribution is 2.44. The van der Waals surface area contributed by atoms with Crippen molar-refractivity contribution in [3.05, 3.63) is 89.5 Å². The van der Waals surface area contributed by atoms with Crippen LogP contribution in [0.2, 0.25) is 0 Å². The molecule has 2 atom stereocenters. The number of benzene rings is 3. The number of hydrogen-bond donors (Lipinski definition) is 2. The zero-order chi connectivity index (χ0) is 40.2. The molecule has 0 saturated carbocycles. The van der Waals surface area contributed by atoms with Crippen LogP contribution in [-0.4, -0.2) is 57.9 Å². The Kier molecular flexibility index (Phi) is 19.2. The SMILES string of the molecule is CC[C@@H](CC(=O)OCOC(=O)OCCCCCOP(C)(=O)OCc1ccccc1)c1ccc(N(CC(C)C)CC(C)C)c(NC(=O)Nc2ccc(C)cc2)c1. The van der Waals surface area contributed by atoms with Gasteiger partial charge in [-0.15, -0.1) is 0 Å². The third-order valence-corrected chi connectivity index (χ3v) is 9.76. The second-order valence-corrected chi connectivity index (χ2v) is 16.6. The van der Waals surface area contributed by atoms with Crippen molar-refractivity contribution in [1.29, 1.82) is 0 Å². The van der Waals surface area contributed by atoms with Crippen molar-refractivity contribution in [3.63, 3.8) is 0 Å². The molecule has 0 aliphatic rings. The largest absolute Gasteiger partial charge is 0.511 e. The molecule has 2 N–H and O–H groups in total. The van der Waals surface area contributed by atoms with Crippen molar-refractivity contribution in [1.82, 2.24) is 0 Å². The second kappa shape index (κ2) is 23.5. The van der Waals surface area contributed by atoms with E-state index >= 15 is 0 Å². The highest BCUT2D eigenvalue weighted by atomic mass is 31.2. The molecule has 0 heterocycles. The number of unbranched alkanes of at least 4 members (excludes halogenated alkanes) is 2. The molecular formula is C42H60N3O9P. The van der Waals surface area contributed by atoms with E-state index < -0.39 is 26.5 Å². The number of nitrogens with zero attached hydrogens (tertiary/aromatic N) is 1. The summed E-state index contributed by atoms with van der Waals surface area (Å²) < 4.78 is 38.6.